The summed E-state index contributed by atoms with van der Waals surface area (Å²) in [6.07, 6.45) is 0. The first-order valence-electron chi connectivity index (χ1n) is 7.63. The molecule has 0 spiro atoms. The molecule has 0 N–H and O–H groups in total. The fourth-order valence-electron chi connectivity index (χ4n) is 2.46. The largest absolute Gasteiger partial charge is 0.358 e. The minimum atomic E-state index is 0. The van der Waals surface area contributed by atoms with Crippen LogP contribution in [0.3, 0.4) is 0 Å². The third kappa shape index (κ3) is 5.23. The molecule has 0 unspecified atom stereocenters. The van der Waals surface area contributed by atoms with Gasteiger partial charge in [-0.05, 0) is 63.8 Å². The molecule has 24 heavy (non-hydrogen) atoms. The van der Waals surface area contributed by atoms with E-state index in [-0.39, 0.29) is 27.8 Å². The van der Waals surface area contributed by atoms with Crippen LogP contribution in [0.5, 0.6) is 0 Å². The third-order valence-corrected chi connectivity index (χ3v) is 3.96. The Morgan fingerprint density at radius 2 is 0.875 bits per heavy atom. The molecule has 2 aromatic carbocycles. The fraction of sp³-hybridized carbons (Fsp3) is 0.286. The summed E-state index contributed by atoms with van der Waals surface area (Å²) in [5, 5.41) is 0. The van der Waals surface area contributed by atoms with Crippen molar-refractivity contribution in [3.63, 3.8) is 0 Å². The van der Waals surface area contributed by atoms with E-state index in [2.05, 4.69) is 64.1 Å². The summed E-state index contributed by atoms with van der Waals surface area (Å²) in [4.78, 5) is 9.60. The standard InChI is InChI=1S/C20H24N2.CH3.Pd/c1-13-9-7-10-14(2)19(13)21-17(5)18(6)22-20-15(3)11-8-12-16(20)4;;/h7-12H,1-6H3;1H3;/q;-1;. The predicted molar refractivity (Wildman–Crippen MR) is 104 cm³/mol. The first-order chi connectivity index (χ1) is 10.4. The molecule has 0 heterocycles. The number of nitrogens with zero attached hydrogens (tertiary/aromatic N) is 2. The topological polar surface area (TPSA) is 24.7 Å². The summed E-state index contributed by atoms with van der Waals surface area (Å²) >= 11 is 0. The normalized spacial score (nSPS) is 11.6. The van der Waals surface area contributed by atoms with Crippen LogP contribution in [0.25, 0.3) is 0 Å². The van der Waals surface area contributed by atoms with Crippen molar-refractivity contribution in [3.8, 4) is 0 Å². The van der Waals surface area contributed by atoms with E-state index in [1.165, 1.54) is 22.3 Å². The van der Waals surface area contributed by atoms with Crippen molar-refractivity contribution in [3.05, 3.63) is 66.1 Å². The fourth-order valence-corrected chi connectivity index (χ4v) is 2.46. The van der Waals surface area contributed by atoms with E-state index in [9.17, 15) is 0 Å². The van der Waals surface area contributed by atoms with Crippen molar-refractivity contribution in [2.45, 2.75) is 41.5 Å². The van der Waals surface area contributed by atoms with Crippen LogP contribution in [0.15, 0.2) is 46.4 Å². The van der Waals surface area contributed by atoms with E-state index >= 15 is 0 Å². The van der Waals surface area contributed by atoms with Crippen LogP contribution in [0.4, 0.5) is 11.4 Å². The molecule has 0 amide bonds. The maximum absolute atomic E-state index is 4.80. The number of hydrogen-bond acceptors (Lipinski definition) is 2. The Kier molecular flexibility index (Phi) is 9.04. The predicted octanol–water partition coefficient (Wildman–Crippen LogP) is 6.25. The summed E-state index contributed by atoms with van der Waals surface area (Å²) in [7, 11) is 0. The molecule has 0 fully saturated rings. The molecule has 132 valence electrons. The summed E-state index contributed by atoms with van der Waals surface area (Å²) in [6.45, 7) is 12.4. The molecular weight excluding hydrogens is 387 g/mol. The van der Waals surface area contributed by atoms with Crippen LogP contribution in [0.2, 0.25) is 0 Å². The van der Waals surface area contributed by atoms with Gasteiger partial charge in [0.15, 0.2) is 0 Å². The molecule has 3 heteroatoms. The Labute approximate surface area is 160 Å². The Balaban J connectivity index is 0.00000264. The van der Waals surface area contributed by atoms with Gasteiger partial charge in [-0.25, -0.2) is 0 Å². The van der Waals surface area contributed by atoms with E-state index in [4.69, 9.17) is 9.98 Å². The zero-order chi connectivity index (χ0) is 16.3. The number of hydrogen-bond donors (Lipinski definition) is 0. The number of aliphatic imine (C=N–C) groups is 2. The van der Waals surface area contributed by atoms with Gasteiger partial charge < -0.3 is 7.43 Å². The first-order valence-corrected chi connectivity index (χ1v) is 7.63. The second kappa shape index (κ2) is 9.67. The quantitative estimate of drug-likeness (QED) is 0.322. The van der Waals surface area contributed by atoms with Crippen LogP contribution < -0.4 is 0 Å². The number of para-hydroxylation sites is 2. The zero-order valence-electron chi connectivity index (χ0n) is 15.7. The van der Waals surface area contributed by atoms with Crippen LogP contribution in [-0.2, 0) is 20.4 Å². The molecule has 2 nitrogen and oxygen atoms in total. The van der Waals surface area contributed by atoms with Crippen LogP contribution >= 0.6 is 0 Å². The summed E-state index contributed by atoms with van der Waals surface area (Å²) in [5.74, 6) is 0. The Bertz CT molecular complexity index is 652. The summed E-state index contributed by atoms with van der Waals surface area (Å²) < 4.78 is 0. The van der Waals surface area contributed by atoms with E-state index in [0.29, 0.717) is 0 Å². The zero-order valence-corrected chi connectivity index (χ0v) is 17.2. The minimum Gasteiger partial charge on any atom is -0.358 e. The van der Waals surface area contributed by atoms with Crippen LogP contribution in [-0.4, -0.2) is 11.4 Å². The van der Waals surface area contributed by atoms with Gasteiger partial charge in [0.1, 0.15) is 0 Å². The number of benzene rings is 2. The molecular formula is C21H27N2Pd-. The maximum Gasteiger partial charge on any atom is 0.0691 e. The molecule has 0 aliphatic heterocycles. The molecule has 2 rings (SSSR count). The monoisotopic (exact) mass is 413 g/mol. The van der Waals surface area contributed by atoms with Gasteiger partial charge in [0.05, 0.1) is 22.8 Å². The SMILES string of the molecule is CC(=Nc1c(C)cccc1C)C(C)=Nc1c(C)cccc1C.[CH3-].[Pd]. The average Bonchev–Trinajstić information content (AvgIpc) is 2.46. The molecule has 0 aliphatic rings. The molecule has 2 aromatic rings. The second-order valence-electron chi connectivity index (χ2n) is 5.88. The van der Waals surface area contributed by atoms with Crippen molar-refractivity contribution in [1.82, 2.24) is 0 Å². The Hall–Kier alpha value is -1.56. The molecule has 0 saturated carbocycles. The van der Waals surface area contributed by atoms with Crippen molar-refractivity contribution < 1.29 is 20.4 Å². The van der Waals surface area contributed by atoms with Gasteiger partial charge in [-0.15, -0.1) is 0 Å². The molecule has 0 bridgehead atoms. The maximum atomic E-state index is 4.80. The van der Waals surface area contributed by atoms with E-state index < -0.39 is 0 Å². The average molecular weight is 414 g/mol. The second-order valence-corrected chi connectivity index (χ2v) is 5.88. The van der Waals surface area contributed by atoms with Crippen LogP contribution in [0.1, 0.15) is 36.1 Å². The summed E-state index contributed by atoms with van der Waals surface area (Å²) in [5.41, 5.74) is 8.80. The van der Waals surface area contributed by atoms with Crippen molar-refractivity contribution in [1.29, 1.82) is 0 Å². The third-order valence-electron chi connectivity index (χ3n) is 3.96. The molecule has 0 saturated heterocycles. The molecule has 0 radical (unpaired) electrons. The minimum absolute atomic E-state index is 0. The van der Waals surface area contributed by atoms with E-state index in [1.807, 2.05) is 13.8 Å². The Morgan fingerprint density at radius 1 is 0.625 bits per heavy atom. The van der Waals surface area contributed by atoms with Gasteiger partial charge in [0.25, 0.3) is 0 Å². The Morgan fingerprint density at radius 3 is 1.12 bits per heavy atom. The first kappa shape index (κ1) is 22.4. The van der Waals surface area contributed by atoms with Crippen molar-refractivity contribution in [2.75, 3.05) is 0 Å². The van der Waals surface area contributed by atoms with E-state index in [1.54, 1.807) is 0 Å². The van der Waals surface area contributed by atoms with Gasteiger partial charge in [-0.1, -0.05) is 36.4 Å². The smallest absolute Gasteiger partial charge is 0.0691 e. The molecule has 0 atom stereocenters. The summed E-state index contributed by atoms with van der Waals surface area (Å²) in [6, 6.07) is 12.5. The molecule has 0 aromatic heterocycles. The van der Waals surface area contributed by atoms with E-state index in [0.717, 1.165) is 22.8 Å². The van der Waals surface area contributed by atoms with Gasteiger partial charge in [-0.2, -0.15) is 0 Å². The van der Waals surface area contributed by atoms with Gasteiger partial charge in [0, 0.05) is 20.4 Å². The van der Waals surface area contributed by atoms with Gasteiger partial charge in [0.2, 0.25) is 0 Å². The number of aryl methyl sites for hydroxylation is 4. The van der Waals surface area contributed by atoms with Crippen molar-refractivity contribution in [2.24, 2.45) is 9.98 Å². The molecule has 0 aliphatic carbocycles. The number of rotatable bonds is 3. The van der Waals surface area contributed by atoms with Crippen molar-refractivity contribution >= 4 is 22.8 Å². The van der Waals surface area contributed by atoms with Gasteiger partial charge >= 0.3 is 0 Å². The van der Waals surface area contributed by atoms with Crippen LogP contribution in [0, 0.1) is 35.1 Å². The van der Waals surface area contributed by atoms with Gasteiger partial charge in [-0.3, -0.25) is 9.98 Å².